The molecule has 0 spiro atoms. The lowest BCUT2D eigenvalue weighted by Gasteiger charge is -2.28. The van der Waals surface area contributed by atoms with Crippen molar-refractivity contribution in [3.8, 4) is 5.75 Å². The molecule has 4 rings (SSSR count). The fraction of sp³-hybridized carbons (Fsp3) is 0.250. The summed E-state index contributed by atoms with van der Waals surface area (Å²) in [5.41, 5.74) is 4.13. The molecule has 0 atom stereocenters. The van der Waals surface area contributed by atoms with Gasteiger partial charge in [0.05, 0.1) is 13.5 Å². The van der Waals surface area contributed by atoms with Gasteiger partial charge in [-0.15, -0.1) is 11.3 Å². The van der Waals surface area contributed by atoms with Crippen molar-refractivity contribution >= 4 is 28.8 Å². The number of para-hydroxylation sites is 1. The lowest BCUT2D eigenvalue weighted by Crippen LogP contribution is -2.35. The Hall–Kier alpha value is -3.12. The van der Waals surface area contributed by atoms with Gasteiger partial charge in [0, 0.05) is 34.8 Å². The summed E-state index contributed by atoms with van der Waals surface area (Å²) in [5.74, 6) is 0.546. The zero-order chi connectivity index (χ0) is 21.1. The maximum absolute atomic E-state index is 13.2. The topological polar surface area (TPSA) is 58.6 Å². The van der Waals surface area contributed by atoms with E-state index in [1.807, 2.05) is 54.3 Å². The highest BCUT2D eigenvalue weighted by atomic mass is 32.1. The maximum Gasteiger partial charge on any atom is 0.254 e. The largest absolute Gasteiger partial charge is 0.496 e. The molecule has 1 aliphatic rings. The number of ether oxygens (including phenoxy) is 1. The van der Waals surface area contributed by atoms with Gasteiger partial charge in [-0.1, -0.05) is 24.3 Å². The molecule has 5 nitrogen and oxygen atoms in total. The van der Waals surface area contributed by atoms with Crippen LogP contribution in [0.4, 0.5) is 5.69 Å². The molecule has 2 amide bonds. The SMILES string of the molecule is COc1ccccc1CC(=O)Nc1cccc(C(=O)N2CCc3sccc3C2)c1C. The molecule has 0 fully saturated rings. The van der Waals surface area contributed by atoms with E-state index >= 15 is 0 Å². The van der Waals surface area contributed by atoms with E-state index in [0.29, 0.717) is 23.5 Å². The highest BCUT2D eigenvalue weighted by Crippen LogP contribution is 2.27. The average molecular weight is 421 g/mol. The summed E-state index contributed by atoms with van der Waals surface area (Å²) in [6.45, 7) is 3.24. The van der Waals surface area contributed by atoms with Crippen molar-refractivity contribution in [1.29, 1.82) is 0 Å². The minimum Gasteiger partial charge on any atom is -0.496 e. The first kappa shape index (κ1) is 20.2. The van der Waals surface area contributed by atoms with Crippen molar-refractivity contribution in [2.75, 3.05) is 19.0 Å². The zero-order valence-corrected chi connectivity index (χ0v) is 17.9. The van der Waals surface area contributed by atoms with Gasteiger partial charge < -0.3 is 15.0 Å². The van der Waals surface area contributed by atoms with Crippen molar-refractivity contribution in [3.05, 3.63) is 81.0 Å². The van der Waals surface area contributed by atoms with Crippen LogP contribution in [-0.4, -0.2) is 30.4 Å². The van der Waals surface area contributed by atoms with Crippen molar-refractivity contribution in [1.82, 2.24) is 4.90 Å². The van der Waals surface area contributed by atoms with E-state index in [-0.39, 0.29) is 18.2 Å². The lowest BCUT2D eigenvalue weighted by atomic mass is 10.0. The number of anilines is 1. The first-order valence-corrected chi connectivity index (χ1v) is 10.8. The Kier molecular flexibility index (Phi) is 5.86. The molecule has 30 heavy (non-hydrogen) atoms. The van der Waals surface area contributed by atoms with E-state index in [9.17, 15) is 9.59 Å². The van der Waals surface area contributed by atoms with Crippen molar-refractivity contribution in [2.24, 2.45) is 0 Å². The Labute approximate surface area is 180 Å². The monoisotopic (exact) mass is 420 g/mol. The van der Waals surface area contributed by atoms with E-state index in [2.05, 4.69) is 16.8 Å². The Morgan fingerprint density at radius 2 is 1.97 bits per heavy atom. The summed E-state index contributed by atoms with van der Waals surface area (Å²) in [5, 5.41) is 5.04. The van der Waals surface area contributed by atoms with Gasteiger partial charge in [0.2, 0.25) is 5.91 Å². The quantitative estimate of drug-likeness (QED) is 0.664. The molecule has 2 heterocycles. The Morgan fingerprint density at radius 3 is 2.80 bits per heavy atom. The highest BCUT2D eigenvalue weighted by molar-refractivity contribution is 7.10. The van der Waals surface area contributed by atoms with E-state index in [0.717, 1.165) is 24.1 Å². The third-order valence-corrected chi connectivity index (χ3v) is 6.50. The molecule has 3 aromatic rings. The molecule has 1 N–H and O–H groups in total. The Balaban J connectivity index is 1.49. The first-order chi connectivity index (χ1) is 14.6. The summed E-state index contributed by atoms with van der Waals surface area (Å²) in [6, 6.07) is 15.0. The van der Waals surface area contributed by atoms with Crippen LogP contribution in [-0.2, 0) is 24.2 Å². The van der Waals surface area contributed by atoms with Gasteiger partial charge in [-0.05, 0) is 54.1 Å². The van der Waals surface area contributed by atoms with Gasteiger partial charge in [-0.3, -0.25) is 9.59 Å². The third kappa shape index (κ3) is 4.09. The summed E-state index contributed by atoms with van der Waals surface area (Å²) in [4.78, 5) is 29.1. The van der Waals surface area contributed by atoms with Crippen LogP contribution in [0.5, 0.6) is 5.75 Å². The highest BCUT2D eigenvalue weighted by Gasteiger charge is 2.24. The second kappa shape index (κ2) is 8.71. The normalized spacial score (nSPS) is 12.9. The molecule has 0 saturated carbocycles. The number of benzene rings is 2. The maximum atomic E-state index is 13.2. The van der Waals surface area contributed by atoms with Gasteiger partial charge in [0.1, 0.15) is 5.75 Å². The van der Waals surface area contributed by atoms with Crippen molar-refractivity contribution in [3.63, 3.8) is 0 Å². The van der Waals surface area contributed by atoms with Crippen LogP contribution in [0.3, 0.4) is 0 Å². The number of thiophene rings is 1. The molecule has 2 aromatic carbocycles. The molecule has 0 radical (unpaired) electrons. The number of fused-ring (bicyclic) bond motifs is 1. The Bertz CT molecular complexity index is 1090. The standard InChI is InChI=1S/C24H24N2O3S/c1-16-19(24(28)26-12-10-22-18(15-26)11-13-30-22)7-5-8-20(16)25-23(27)14-17-6-3-4-9-21(17)29-2/h3-9,11,13H,10,12,14-15H2,1-2H3,(H,25,27). The van der Waals surface area contributed by atoms with E-state index in [1.54, 1.807) is 18.4 Å². The van der Waals surface area contributed by atoms with Crippen LogP contribution in [0.15, 0.2) is 53.9 Å². The van der Waals surface area contributed by atoms with E-state index < -0.39 is 0 Å². The van der Waals surface area contributed by atoms with Gasteiger partial charge in [-0.2, -0.15) is 0 Å². The molecular weight excluding hydrogens is 396 g/mol. The summed E-state index contributed by atoms with van der Waals surface area (Å²) < 4.78 is 5.33. The third-order valence-electron chi connectivity index (χ3n) is 5.48. The molecule has 0 aliphatic carbocycles. The number of amides is 2. The second-order valence-corrected chi connectivity index (χ2v) is 8.36. The molecule has 154 valence electrons. The number of carbonyl (C=O) groups excluding carboxylic acids is 2. The molecule has 1 aromatic heterocycles. The minimum atomic E-state index is -0.145. The van der Waals surface area contributed by atoms with Crippen LogP contribution in [0, 0.1) is 6.92 Å². The van der Waals surface area contributed by atoms with E-state index in [4.69, 9.17) is 4.74 Å². The van der Waals surface area contributed by atoms with Gasteiger partial charge in [-0.25, -0.2) is 0 Å². The number of nitrogens with zero attached hydrogens (tertiary/aromatic N) is 1. The van der Waals surface area contributed by atoms with Crippen molar-refractivity contribution < 1.29 is 14.3 Å². The molecule has 0 unspecified atom stereocenters. The minimum absolute atomic E-state index is 0.00479. The lowest BCUT2D eigenvalue weighted by molar-refractivity contribution is -0.115. The number of hydrogen-bond acceptors (Lipinski definition) is 4. The number of carbonyl (C=O) groups is 2. The number of hydrogen-bond donors (Lipinski definition) is 1. The molecule has 6 heteroatoms. The number of methoxy groups -OCH3 is 1. The fourth-order valence-corrected chi connectivity index (χ4v) is 4.70. The predicted molar refractivity (Wildman–Crippen MR) is 119 cm³/mol. The molecule has 0 bridgehead atoms. The molecule has 1 aliphatic heterocycles. The van der Waals surface area contributed by atoms with Gasteiger partial charge in [0.15, 0.2) is 0 Å². The van der Waals surface area contributed by atoms with Crippen LogP contribution >= 0.6 is 11.3 Å². The van der Waals surface area contributed by atoms with Crippen LogP contribution in [0.2, 0.25) is 0 Å². The summed E-state index contributed by atoms with van der Waals surface area (Å²) in [7, 11) is 1.59. The summed E-state index contributed by atoms with van der Waals surface area (Å²) in [6.07, 6.45) is 1.10. The average Bonchev–Trinajstić information content (AvgIpc) is 3.23. The predicted octanol–water partition coefficient (Wildman–Crippen LogP) is 4.44. The van der Waals surface area contributed by atoms with E-state index in [1.165, 1.54) is 10.4 Å². The first-order valence-electron chi connectivity index (χ1n) is 9.92. The van der Waals surface area contributed by atoms with Gasteiger partial charge in [0.25, 0.3) is 5.91 Å². The zero-order valence-electron chi connectivity index (χ0n) is 17.1. The molecular formula is C24H24N2O3S. The van der Waals surface area contributed by atoms with Crippen LogP contribution in [0.25, 0.3) is 0 Å². The summed E-state index contributed by atoms with van der Waals surface area (Å²) >= 11 is 1.76. The van der Waals surface area contributed by atoms with Crippen molar-refractivity contribution in [2.45, 2.75) is 26.3 Å². The number of rotatable bonds is 5. The molecule has 0 saturated heterocycles. The van der Waals surface area contributed by atoms with Gasteiger partial charge >= 0.3 is 0 Å². The fourth-order valence-electron chi connectivity index (χ4n) is 3.81. The van der Waals surface area contributed by atoms with Crippen LogP contribution in [0.1, 0.15) is 31.9 Å². The number of nitrogens with one attached hydrogen (secondary N) is 1. The van der Waals surface area contributed by atoms with Crippen LogP contribution < -0.4 is 10.1 Å². The smallest absolute Gasteiger partial charge is 0.254 e. The Morgan fingerprint density at radius 1 is 1.13 bits per heavy atom. The second-order valence-electron chi connectivity index (χ2n) is 7.36.